The van der Waals surface area contributed by atoms with E-state index in [2.05, 4.69) is 22.5 Å². The molecule has 20 heavy (non-hydrogen) atoms. The summed E-state index contributed by atoms with van der Waals surface area (Å²) in [5, 5.41) is 7.48. The lowest BCUT2D eigenvalue weighted by Gasteiger charge is -2.50. The van der Waals surface area contributed by atoms with E-state index >= 15 is 0 Å². The average molecular weight is 295 g/mol. The predicted molar refractivity (Wildman–Crippen MR) is 83.4 cm³/mol. The van der Waals surface area contributed by atoms with E-state index in [1.54, 1.807) is 0 Å². The van der Waals surface area contributed by atoms with E-state index in [0.29, 0.717) is 24.0 Å². The molecule has 3 rings (SSSR count). The number of hydrogen-bond acceptors (Lipinski definition) is 2. The zero-order chi connectivity index (χ0) is 14.1. The number of rotatable bonds is 3. The molecule has 1 saturated carbocycles. The van der Waals surface area contributed by atoms with Crippen molar-refractivity contribution in [2.45, 2.75) is 70.0 Å². The van der Waals surface area contributed by atoms with E-state index in [1.165, 1.54) is 19.3 Å². The molecule has 2 aliphatic heterocycles. The van der Waals surface area contributed by atoms with Gasteiger partial charge in [0.2, 0.25) is 5.91 Å². The van der Waals surface area contributed by atoms with Gasteiger partial charge >= 0.3 is 0 Å². The van der Waals surface area contributed by atoms with E-state index < -0.39 is 0 Å². The van der Waals surface area contributed by atoms with Gasteiger partial charge in [0.25, 0.3) is 0 Å². The molecule has 0 unspecified atom stereocenters. The third kappa shape index (κ3) is 2.92. The minimum atomic E-state index is 0.288. The van der Waals surface area contributed by atoms with Gasteiger partial charge in [-0.3, -0.25) is 4.79 Å². The molecule has 0 radical (unpaired) electrons. The molecule has 0 aromatic rings. The second-order valence-electron chi connectivity index (χ2n) is 6.43. The van der Waals surface area contributed by atoms with Crippen LogP contribution < -0.4 is 10.6 Å². The van der Waals surface area contributed by atoms with Crippen molar-refractivity contribution in [1.82, 2.24) is 15.5 Å². The molecular formula is C15H25N3OS. The molecule has 2 saturated heterocycles. The molecule has 2 heterocycles. The lowest BCUT2D eigenvalue weighted by Crippen LogP contribution is -2.60. The van der Waals surface area contributed by atoms with E-state index in [9.17, 15) is 4.79 Å². The van der Waals surface area contributed by atoms with Crippen LogP contribution in [0.2, 0.25) is 0 Å². The Hall–Kier alpha value is -0.840. The van der Waals surface area contributed by atoms with E-state index in [0.717, 1.165) is 37.3 Å². The first-order chi connectivity index (χ1) is 9.69. The van der Waals surface area contributed by atoms with Crippen LogP contribution in [-0.2, 0) is 4.79 Å². The topological polar surface area (TPSA) is 44.4 Å². The number of nitrogens with zero attached hydrogens (tertiary/aromatic N) is 1. The summed E-state index contributed by atoms with van der Waals surface area (Å²) in [6, 6.07) is 1.39. The third-order valence-electron chi connectivity index (χ3n) is 4.83. The second-order valence-corrected chi connectivity index (χ2v) is 6.82. The van der Waals surface area contributed by atoms with Gasteiger partial charge in [0.05, 0.1) is 0 Å². The van der Waals surface area contributed by atoms with Crippen LogP contribution in [-0.4, -0.2) is 40.6 Å². The van der Waals surface area contributed by atoms with Crippen molar-refractivity contribution >= 4 is 23.2 Å². The number of piperidine rings is 2. The van der Waals surface area contributed by atoms with Crippen molar-refractivity contribution in [1.29, 1.82) is 0 Å². The Balaban J connectivity index is 1.62. The third-order valence-corrected chi connectivity index (χ3v) is 5.19. The van der Waals surface area contributed by atoms with Gasteiger partial charge in [-0.25, -0.2) is 0 Å². The fourth-order valence-corrected chi connectivity index (χ4v) is 4.18. The Bertz CT molecular complexity index is 383. The van der Waals surface area contributed by atoms with Gasteiger partial charge in [0, 0.05) is 30.6 Å². The van der Waals surface area contributed by atoms with Crippen LogP contribution in [0.3, 0.4) is 0 Å². The first-order valence-corrected chi connectivity index (χ1v) is 8.46. The minimum Gasteiger partial charge on any atom is -0.363 e. The summed E-state index contributed by atoms with van der Waals surface area (Å²) in [5.41, 5.74) is 0. The second kappa shape index (κ2) is 5.88. The van der Waals surface area contributed by atoms with E-state index in [1.807, 2.05) is 0 Å². The summed E-state index contributed by atoms with van der Waals surface area (Å²) in [7, 11) is 0. The van der Waals surface area contributed by atoms with Crippen LogP contribution in [0.15, 0.2) is 0 Å². The molecule has 0 aromatic heterocycles. The van der Waals surface area contributed by atoms with Crippen molar-refractivity contribution in [2.24, 2.45) is 5.92 Å². The number of thiocarbonyl (C=S) groups is 1. The molecule has 112 valence electrons. The summed E-state index contributed by atoms with van der Waals surface area (Å²) in [6.07, 6.45) is 7.99. The minimum absolute atomic E-state index is 0.288. The predicted octanol–water partition coefficient (Wildman–Crippen LogP) is 1.79. The number of nitrogens with one attached hydrogen (secondary N) is 2. The zero-order valence-corrected chi connectivity index (χ0v) is 13.0. The summed E-state index contributed by atoms with van der Waals surface area (Å²) < 4.78 is 0. The van der Waals surface area contributed by atoms with Crippen molar-refractivity contribution in [3.05, 3.63) is 0 Å². The zero-order valence-electron chi connectivity index (χ0n) is 12.2. The largest absolute Gasteiger partial charge is 0.363 e. The van der Waals surface area contributed by atoms with Gasteiger partial charge in [0.15, 0.2) is 5.11 Å². The maximum atomic E-state index is 11.9. The normalized spacial score (nSPS) is 32.6. The smallest absolute Gasteiger partial charge is 0.223 e. The SMILES string of the molecule is CCNC(=S)N1[C@@H]2CCC[C@@H]1CC(NC(=O)C1CC1)C2. The lowest BCUT2D eigenvalue weighted by molar-refractivity contribution is -0.123. The van der Waals surface area contributed by atoms with Crippen molar-refractivity contribution in [3.63, 3.8) is 0 Å². The highest BCUT2D eigenvalue weighted by molar-refractivity contribution is 7.80. The molecule has 1 amide bonds. The quantitative estimate of drug-likeness (QED) is 0.779. The highest BCUT2D eigenvalue weighted by atomic mass is 32.1. The van der Waals surface area contributed by atoms with Crippen molar-refractivity contribution < 1.29 is 4.79 Å². The van der Waals surface area contributed by atoms with Crippen LogP contribution in [0.25, 0.3) is 0 Å². The molecule has 3 aliphatic rings. The van der Waals surface area contributed by atoms with Gasteiger partial charge in [-0.15, -0.1) is 0 Å². The Kier molecular flexibility index (Phi) is 4.15. The molecule has 1 aliphatic carbocycles. The van der Waals surface area contributed by atoms with Gasteiger partial charge in [-0.05, 0) is 64.1 Å². The molecule has 0 aromatic carbocycles. The fourth-order valence-electron chi connectivity index (χ4n) is 3.74. The molecule has 4 nitrogen and oxygen atoms in total. The van der Waals surface area contributed by atoms with Gasteiger partial charge in [0.1, 0.15) is 0 Å². The van der Waals surface area contributed by atoms with E-state index in [4.69, 9.17) is 12.2 Å². The molecular weight excluding hydrogens is 270 g/mol. The fraction of sp³-hybridized carbons (Fsp3) is 0.867. The van der Waals surface area contributed by atoms with Crippen LogP contribution >= 0.6 is 12.2 Å². The Labute approximate surface area is 126 Å². The number of carbonyl (C=O) groups excluding carboxylic acids is 1. The maximum absolute atomic E-state index is 11.9. The van der Waals surface area contributed by atoms with Crippen molar-refractivity contribution in [2.75, 3.05) is 6.54 Å². The Morgan fingerprint density at radius 3 is 2.40 bits per heavy atom. The average Bonchev–Trinajstić information content (AvgIpc) is 3.22. The number of amides is 1. The summed E-state index contributed by atoms with van der Waals surface area (Å²) in [6.45, 7) is 2.97. The van der Waals surface area contributed by atoms with Crippen molar-refractivity contribution in [3.8, 4) is 0 Å². The molecule has 3 fully saturated rings. The number of fused-ring (bicyclic) bond motifs is 2. The molecule has 2 atom stereocenters. The first kappa shape index (κ1) is 14.1. The molecule has 2 N–H and O–H groups in total. The number of hydrogen-bond donors (Lipinski definition) is 2. The van der Waals surface area contributed by atoms with Gasteiger partial charge < -0.3 is 15.5 Å². The Morgan fingerprint density at radius 2 is 1.85 bits per heavy atom. The van der Waals surface area contributed by atoms with Crippen LogP contribution in [0.1, 0.15) is 51.9 Å². The highest BCUT2D eigenvalue weighted by Gasteiger charge is 2.41. The standard InChI is InChI=1S/C15H25N3OS/c1-2-16-15(20)18-12-4-3-5-13(18)9-11(8-12)17-14(19)10-6-7-10/h10-13H,2-9H2,1H3,(H,16,20)(H,17,19)/t12-,13-/m1/s1. The summed E-state index contributed by atoms with van der Waals surface area (Å²) >= 11 is 5.53. The van der Waals surface area contributed by atoms with Crippen LogP contribution in [0, 0.1) is 5.92 Å². The highest BCUT2D eigenvalue weighted by Crippen LogP contribution is 2.35. The molecule has 5 heteroatoms. The van der Waals surface area contributed by atoms with Gasteiger partial charge in [-0.1, -0.05) is 0 Å². The lowest BCUT2D eigenvalue weighted by atomic mass is 9.82. The maximum Gasteiger partial charge on any atom is 0.223 e. The summed E-state index contributed by atoms with van der Waals surface area (Å²) in [4.78, 5) is 14.4. The van der Waals surface area contributed by atoms with E-state index in [-0.39, 0.29) is 5.91 Å². The number of carbonyl (C=O) groups is 1. The monoisotopic (exact) mass is 295 g/mol. The molecule has 2 bridgehead atoms. The first-order valence-electron chi connectivity index (χ1n) is 8.05. The summed E-state index contributed by atoms with van der Waals surface area (Å²) in [5.74, 6) is 0.603. The van der Waals surface area contributed by atoms with Crippen LogP contribution in [0.4, 0.5) is 0 Å². The Morgan fingerprint density at radius 1 is 1.20 bits per heavy atom. The van der Waals surface area contributed by atoms with Gasteiger partial charge in [-0.2, -0.15) is 0 Å². The van der Waals surface area contributed by atoms with Crippen LogP contribution in [0.5, 0.6) is 0 Å². The molecule has 0 spiro atoms.